The molecule has 0 radical (unpaired) electrons. The van der Waals surface area contributed by atoms with Gasteiger partial charge in [-0.15, -0.1) is 0 Å². The summed E-state index contributed by atoms with van der Waals surface area (Å²) < 4.78 is 67.3. The molecule has 4 aliphatic heterocycles. The number of aliphatic hydroxyl groups excluding tert-OH is 9. The van der Waals surface area contributed by atoms with Gasteiger partial charge in [-0.3, -0.25) is 4.79 Å². The van der Waals surface area contributed by atoms with E-state index in [1.54, 1.807) is 33.8 Å². The number of aliphatic carboxylic acids is 1. The van der Waals surface area contributed by atoms with Crippen LogP contribution in [0.15, 0.2) is 34.9 Å². The normalized spacial score (nSPS) is 47.9. The number of fused-ring (bicyclic) bond motifs is 7. The number of allylic oxidation sites excluding steroid dienone is 4. The molecule has 91 heavy (non-hydrogen) atoms. The smallest absolute Gasteiger partial charge is 0.335 e. The van der Waals surface area contributed by atoms with Crippen molar-refractivity contribution in [2.24, 2.45) is 50.2 Å². The molecule has 4 heterocycles. The van der Waals surface area contributed by atoms with Crippen LogP contribution in [0.5, 0.6) is 0 Å². The number of ether oxygens (including phenoxy) is 11. The Morgan fingerprint density at radius 2 is 1.32 bits per heavy atom. The first-order valence-corrected chi connectivity index (χ1v) is 32.1. The Bertz CT molecular complexity index is 2770. The van der Waals surface area contributed by atoms with E-state index in [-0.39, 0.29) is 42.4 Å². The van der Waals surface area contributed by atoms with Gasteiger partial charge in [-0.1, -0.05) is 72.3 Å². The van der Waals surface area contributed by atoms with Crippen LogP contribution in [-0.2, 0) is 71.3 Å². The van der Waals surface area contributed by atoms with Gasteiger partial charge in [-0.2, -0.15) is 0 Å². The predicted octanol–water partition coefficient (Wildman–Crippen LogP) is 1.75. The van der Waals surface area contributed by atoms with Gasteiger partial charge < -0.3 is 108 Å². The predicted molar refractivity (Wildman–Crippen MR) is 315 cm³/mol. The highest BCUT2D eigenvalue weighted by atomic mass is 16.8. The molecule has 0 aromatic carbocycles. The van der Waals surface area contributed by atoms with E-state index in [1.165, 1.54) is 19.9 Å². The van der Waals surface area contributed by atoms with Crippen molar-refractivity contribution in [2.45, 2.75) is 270 Å². The SMILES string of the molecule is C/C=C(/C)C(=O)OC1C(O)[C@H](O[C@H]2[C@H](O)[C@@]3(COC(C)=O)C(CC2(C)C)C2=CCC4[C@@]5(C)CC[C@H](O[C@@H]6OC(C(=O)O)[C@@H](O)C(O[C@]7(O)CO[C@@H](CO)C7)C6O[C@@H]6OC(CO)[C@H](O)C(O)C6O)C(C)(C)C5CC[C@@]4(C)[C@]2(C)C[C@H]3O)OC(C)[C@@H]1OC(=O)/C(C)=C\C. The molecule has 9 aliphatic rings. The highest BCUT2D eigenvalue weighted by molar-refractivity contribution is 5.88. The Balaban J connectivity index is 1.01. The summed E-state index contributed by atoms with van der Waals surface area (Å²) in [6, 6.07) is 0. The van der Waals surface area contributed by atoms with Crippen molar-refractivity contribution in [3.63, 3.8) is 0 Å². The molecule has 0 bridgehead atoms. The van der Waals surface area contributed by atoms with E-state index in [0.29, 0.717) is 38.5 Å². The summed E-state index contributed by atoms with van der Waals surface area (Å²) >= 11 is 0. The van der Waals surface area contributed by atoms with E-state index >= 15 is 0 Å². The molecule has 26 nitrogen and oxygen atoms in total. The molecule has 12 unspecified atom stereocenters. The van der Waals surface area contributed by atoms with Gasteiger partial charge >= 0.3 is 23.9 Å². The number of aliphatic hydroxyl groups is 10. The Morgan fingerprint density at radius 1 is 0.681 bits per heavy atom. The largest absolute Gasteiger partial charge is 0.479 e. The lowest BCUT2D eigenvalue weighted by Crippen LogP contribution is -2.72. The summed E-state index contributed by atoms with van der Waals surface area (Å²) in [5.74, 6) is -6.66. The second kappa shape index (κ2) is 26.4. The van der Waals surface area contributed by atoms with Gasteiger partial charge in [0.1, 0.15) is 62.0 Å². The average molecular weight is 1300 g/mol. The standard InChI is InChI=1S/C65H100O26/c1-14-29(3)54(78)86-46-31(5)83-57(45(74)47(46)87-55(79)30(4)15-2)90-52-51(75)65(28-81-32(6)68)35(23-59(52,7)8)34-16-17-38-61(11)20-19-40(60(9,10)37(61)18-21-62(38,12)63(34,13)24-39(65)69)85-58-50(89-56-43(72)42(71)41(70)36(26-67)84-56)48(44(73)49(88-58)53(76)77)91-64(80)22-33(25-66)82-27-64/h14-16,31,33,35-52,56-58,66-67,69-75,80H,17-28H2,1-13H3,(H,76,77)/b29-14-,30-15-/t31?,33-,35?,36?,37?,38?,39-,40+,41+,42?,43?,44+,45?,46+,47?,48?,49?,50?,51+,52+,56+,57+,58-,61+,62-,63-,64+,65+/m1/s1. The van der Waals surface area contributed by atoms with Crippen LogP contribution >= 0.6 is 0 Å². The molecular formula is C65H100O26. The van der Waals surface area contributed by atoms with Crippen molar-refractivity contribution in [1.29, 1.82) is 0 Å². The lowest BCUT2D eigenvalue weighted by atomic mass is 9.33. The highest BCUT2D eigenvalue weighted by Gasteiger charge is 2.74. The van der Waals surface area contributed by atoms with E-state index in [1.807, 2.05) is 13.8 Å². The van der Waals surface area contributed by atoms with Crippen LogP contribution in [0.4, 0.5) is 0 Å². The van der Waals surface area contributed by atoms with Gasteiger partial charge in [0.05, 0.1) is 55.3 Å². The highest BCUT2D eigenvalue weighted by Crippen LogP contribution is 2.76. The van der Waals surface area contributed by atoms with Crippen molar-refractivity contribution in [3.8, 4) is 0 Å². The van der Waals surface area contributed by atoms with E-state index in [2.05, 4.69) is 40.7 Å². The van der Waals surface area contributed by atoms with E-state index in [0.717, 1.165) is 5.57 Å². The fourth-order valence-corrected chi connectivity index (χ4v) is 17.9. The third-order valence-corrected chi connectivity index (χ3v) is 23.4. The lowest BCUT2D eigenvalue weighted by Gasteiger charge is -2.72. The van der Waals surface area contributed by atoms with Crippen LogP contribution < -0.4 is 0 Å². The zero-order valence-corrected chi connectivity index (χ0v) is 54.5. The van der Waals surface area contributed by atoms with Crippen molar-refractivity contribution in [1.82, 2.24) is 0 Å². The average Bonchev–Trinajstić information content (AvgIpc) is 1.13. The molecule has 4 saturated heterocycles. The van der Waals surface area contributed by atoms with Crippen LogP contribution in [0.2, 0.25) is 0 Å². The second-order valence-corrected chi connectivity index (χ2v) is 29.4. The quantitative estimate of drug-likeness (QED) is 0.0247. The molecule has 5 aliphatic carbocycles. The first-order valence-electron chi connectivity index (χ1n) is 32.1. The summed E-state index contributed by atoms with van der Waals surface area (Å²) in [5.41, 5.74) is -3.41. The molecule has 4 saturated carbocycles. The van der Waals surface area contributed by atoms with E-state index < -0.39 is 211 Å². The number of carboxylic acid groups (broad SMARTS) is 1. The fraction of sp³-hybridized carbons (Fsp3) is 0.846. The van der Waals surface area contributed by atoms with Crippen molar-refractivity contribution >= 4 is 23.9 Å². The summed E-state index contributed by atoms with van der Waals surface area (Å²) in [6.07, 6.45) is -22.9. The number of hydrogen-bond donors (Lipinski definition) is 11. The maximum absolute atomic E-state index is 13.4. The minimum Gasteiger partial charge on any atom is -0.479 e. The summed E-state index contributed by atoms with van der Waals surface area (Å²) in [4.78, 5) is 52.4. The van der Waals surface area contributed by atoms with Gasteiger partial charge in [0.25, 0.3) is 0 Å². The van der Waals surface area contributed by atoms with Gasteiger partial charge in [0.2, 0.25) is 0 Å². The van der Waals surface area contributed by atoms with Crippen molar-refractivity contribution in [3.05, 3.63) is 34.9 Å². The van der Waals surface area contributed by atoms with Crippen LogP contribution in [-0.4, -0.2) is 235 Å². The van der Waals surface area contributed by atoms with Crippen LogP contribution in [0.25, 0.3) is 0 Å². The molecule has 516 valence electrons. The molecule has 8 fully saturated rings. The summed E-state index contributed by atoms with van der Waals surface area (Å²) in [7, 11) is 0. The molecule has 26 heteroatoms. The molecule has 28 atom stereocenters. The summed E-state index contributed by atoms with van der Waals surface area (Å²) in [6.45, 7) is 21.7. The Kier molecular flexibility index (Phi) is 20.8. The zero-order valence-electron chi connectivity index (χ0n) is 54.5. The summed E-state index contributed by atoms with van der Waals surface area (Å²) in [5, 5.41) is 125. The minimum absolute atomic E-state index is 0.0243. The molecule has 9 rings (SSSR count). The van der Waals surface area contributed by atoms with Gasteiger partial charge in [-0.25, -0.2) is 14.4 Å². The molecule has 11 N–H and O–H groups in total. The second-order valence-electron chi connectivity index (χ2n) is 29.4. The number of hydrogen-bond acceptors (Lipinski definition) is 25. The topological polar surface area (TPSA) is 392 Å². The fourth-order valence-electron chi connectivity index (χ4n) is 17.9. The first-order chi connectivity index (χ1) is 42.4. The first kappa shape index (κ1) is 71.7. The number of carboxylic acids is 1. The molecule has 0 amide bonds. The number of esters is 3. The minimum atomic E-state index is -2.21. The number of carbonyl (C=O) groups is 4. The van der Waals surface area contributed by atoms with E-state index in [4.69, 9.17) is 52.1 Å². The molecule has 0 aromatic rings. The number of rotatable bonds is 17. The Morgan fingerprint density at radius 3 is 1.91 bits per heavy atom. The third-order valence-electron chi connectivity index (χ3n) is 23.4. The van der Waals surface area contributed by atoms with Gasteiger partial charge in [-0.05, 0) is 124 Å². The van der Waals surface area contributed by atoms with Crippen LogP contribution in [0.3, 0.4) is 0 Å². The molecule has 0 aromatic heterocycles. The van der Waals surface area contributed by atoms with Crippen LogP contribution in [0.1, 0.15) is 141 Å². The monoisotopic (exact) mass is 1300 g/mol. The maximum atomic E-state index is 13.4. The molecule has 0 spiro atoms. The third kappa shape index (κ3) is 12.4. The Hall–Kier alpha value is -3.62. The zero-order chi connectivity index (χ0) is 67.2. The van der Waals surface area contributed by atoms with Gasteiger partial charge in [0.15, 0.2) is 43.0 Å². The van der Waals surface area contributed by atoms with Gasteiger partial charge in [0, 0.05) is 24.5 Å². The van der Waals surface area contributed by atoms with Crippen molar-refractivity contribution in [2.75, 3.05) is 26.4 Å². The van der Waals surface area contributed by atoms with Crippen LogP contribution in [0, 0.1) is 50.2 Å². The Labute approximate surface area is 531 Å². The number of carbonyl (C=O) groups excluding carboxylic acids is 3. The molecular weight excluding hydrogens is 1200 g/mol. The lowest BCUT2D eigenvalue weighted by molar-refractivity contribution is -0.392. The van der Waals surface area contributed by atoms with Crippen molar-refractivity contribution < 1.29 is 127 Å². The maximum Gasteiger partial charge on any atom is 0.335 e. The van der Waals surface area contributed by atoms with E-state index in [9.17, 15) is 75.3 Å².